The van der Waals surface area contributed by atoms with Gasteiger partial charge in [0.05, 0.1) is 11.5 Å². The molecule has 0 saturated carbocycles. The summed E-state index contributed by atoms with van der Waals surface area (Å²) in [6.07, 6.45) is 1.82. The van der Waals surface area contributed by atoms with E-state index < -0.39 is 19.9 Å². The summed E-state index contributed by atoms with van der Waals surface area (Å²) in [6.45, 7) is 2.20. The zero-order valence-corrected chi connectivity index (χ0v) is 12.0. The topological polar surface area (TPSA) is 80.3 Å². The molecule has 0 aliphatic carbocycles. The van der Waals surface area contributed by atoms with Gasteiger partial charge in [0.25, 0.3) is 0 Å². The molecular weight excluding hydrogens is 306 g/mol. The van der Waals surface area contributed by atoms with Crippen molar-refractivity contribution in [2.24, 2.45) is 0 Å². The number of sulfone groups is 1. The highest BCUT2D eigenvalue weighted by atomic mass is 79.9. The van der Waals surface area contributed by atoms with Crippen LogP contribution in [0.1, 0.15) is 13.3 Å². The third-order valence-corrected chi connectivity index (χ3v) is 5.21. The van der Waals surface area contributed by atoms with Gasteiger partial charge in [-0.25, -0.2) is 21.6 Å². The number of alkyl halides is 1. The van der Waals surface area contributed by atoms with Crippen molar-refractivity contribution in [1.82, 2.24) is 4.72 Å². The molecule has 1 atom stereocenters. The highest BCUT2D eigenvalue weighted by molar-refractivity contribution is 9.09. The molecular formula is C7H16BrNO4S2. The molecule has 0 amide bonds. The van der Waals surface area contributed by atoms with Crippen LogP contribution in [-0.2, 0) is 19.9 Å². The van der Waals surface area contributed by atoms with Crippen molar-refractivity contribution in [3.05, 3.63) is 0 Å². The quantitative estimate of drug-likeness (QED) is 0.675. The molecule has 0 radical (unpaired) electrons. The number of sulfonamides is 1. The van der Waals surface area contributed by atoms with Crippen LogP contribution in [0.3, 0.4) is 0 Å². The smallest absolute Gasteiger partial charge is 0.212 e. The van der Waals surface area contributed by atoms with Crippen LogP contribution in [0.15, 0.2) is 0 Å². The molecule has 0 aromatic rings. The second-order valence-corrected chi connectivity index (χ2v) is 8.78. The Morgan fingerprint density at radius 3 is 2.13 bits per heavy atom. The molecule has 15 heavy (non-hydrogen) atoms. The molecule has 1 unspecified atom stereocenters. The van der Waals surface area contributed by atoms with E-state index in [4.69, 9.17) is 0 Å². The lowest BCUT2D eigenvalue weighted by Gasteiger charge is -2.09. The van der Waals surface area contributed by atoms with Crippen molar-refractivity contribution in [2.75, 3.05) is 24.3 Å². The van der Waals surface area contributed by atoms with Crippen molar-refractivity contribution in [3.8, 4) is 0 Å². The van der Waals surface area contributed by atoms with Gasteiger partial charge in [-0.3, -0.25) is 0 Å². The summed E-state index contributed by atoms with van der Waals surface area (Å²) in [5.41, 5.74) is 0. The summed E-state index contributed by atoms with van der Waals surface area (Å²) in [6, 6.07) is 0. The Morgan fingerprint density at radius 1 is 1.20 bits per heavy atom. The minimum absolute atomic E-state index is 0.0745. The third kappa shape index (κ3) is 9.28. The van der Waals surface area contributed by atoms with Crippen LogP contribution in [0.4, 0.5) is 0 Å². The Hall–Kier alpha value is 0.340. The Morgan fingerprint density at radius 2 is 1.73 bits per heavy atom. The molecule has 0 aromatic heterocycles. The van der Waals surface area contributed by atoms with Gasteiger partial charge < -0.3 is 0 Å². The fraction of sp³-hybridized carbons (Fsp3) is 1.00. The van der Waals surface area contributed by atoms with E-state index >= 15 is 0 Å². The minimum atomic E-state index is -3.48. The molecule has 0 saturated heterocycles. The fourth-order valence-corrected chi connectivity index (χ4v) is 3.76. The molecule has 0 heterocycles. The van der Waals surface area contributed by atoms with Crippen molar-refractivity contribution in [2.45, 2.75) is 18.2 Å². The first kappa shape index (κ1) is 15.3. The van der Waals surface area contributed by atoms with Gasteiger partial charge in [0.15, 0.2) is 0 Å². The Bertz CT molecular complexity index is 376. The summed E-state index contributed by atoms with van der Waals surface area (Å²) in [7, 11) is -6.71. The molecule has 0 fully saturated rings. The van der Waals surface area contributed by atoms with Gasteiger partial charge >= 0.3 is 0 Å². The van der Waals surface area contributed by atoms with Crippen molar-refractivity contribution in [1.29, 1.82) is 0 Å². The number of hydrogen-bond donors (Lipinski definition) is 1. The molecule has 1 N–H and O–H groups in total. The third-order valence-electron chi connectivity index (χ3n) is 1.69. The van der Waals surface area contributed by atoms with Crippen LogP contribution in [0, 0.1) is 0 Å². The van der Waals surface area contributed by atoms with Crippen molar-refractivity contribution in [3.63, 3.8) is 0 Å². The molecule has 0 aromatic carbocycles. The number of hydrogen-bond acceptors (Lipinski definition) is 4. The van der Waals surface area contributed by atoms with Crippen LogP contribution in [0.5, 0.6) is 0 Å². The van der Waals surface area contributed by atoms with Gasteiger partial charge in [-0.15, -0.1) is 0 Å². The van der Waals surface area contributed by atoms with Crippen LogP contribution in [0.25, 0.3) is 0 Å². The first-order valence-corrected chi connectivity index (χ1v) is 9.08. The maximum atomic E-state index is 11.3. The maximum Gasteiger partial charge on any atom is 0.212 e. The Labute approximate surface area is 99.7 Å². The highest BCUT2D eigenvalue weighted by Crippen LogP contribution is 2.02. The van der Waals surface area contributed by atoms with Crippen molar-refractivity contribution < 1.29 is 16.8 Å². The molecule has 0 rings (SSSR count). The minimum Gasteiger partial charge on any atom is -0.229 e. The average molecular weight is 322 g/mol. The lowest BCUT2D eigenvalue weighted by atomic mass is 10.3. The molecule has 92 valence electrons. The van der Waals surface area contributed by atoms with Gasteiger partial charge in [-0.05, 0) is 6.42 Å². The van der Waals surface area contributed by atoms with Crippen LogP contribution in [-0.4, -0.2) is 46.0 Å². The summed E-state index contributed by atoms with van der Waals surface area (Å²) in [4.78, 5) is 0.0745. The van der Waals surface area contributed by atoms with Crippen LogP contribution in [0.2, 0.25) is 0 Å². The Balaban J connectivity index is 4.10. The second kappa shape index (κ2) is 6.17. The molecule has 0 spiro atoms. The molecule has 5 nitrogen and oxygen atoms in total. The largest absolute Gasteiger partial charge is 0.229 e. The van der Waals surface area contributed by atoms with E-state index in [9.17, 15) is 16.8 Å². The van der Waals surface area contributed by atoms with Gasteiger partial charge in [-0.2, -0.15) is 0 Å². The summed E-state index contributed by atoms with van der Waals surface area (Å²) >= 11 is 3.27. The standard InChI is InChI=1S/C7H16BrNO4S2/c1-3-7(8)6-9-15(12,13)5-4-14(2,10)11/h7,9H,3-6H2,1-2H3. The SMILES string of the molecule is CCC(Br)CNS(=O)(=O)CCS(C)(=O)=O. The lowest BCUT2D eigenvalue weighted by Crippen LogP contribution is -2.33. The van der Waals surface area contributed by atoms with Crippen LogP contribution < -0.4 is 4.72 Å². The summed E-state index contributed by atoms with van der Waals surface area (Å²) in [5.74, 6) is -0.726. The van der Waals surface area contributed by atoms with Crippen molar-refractivity contribution >= 4 is 35.8 Å². The van der Waals surface area contributed by atoms with Gasteiger partial charge in [-0.1, -0.05) is 22.9 Å². The van der Waals surface area contributed by atoms with Gasteiger partial charge in [0, 0.05) is 17.6 Å². The molecule has 8 heteroatoms. The van der Waals surface area contributed by atoms with E-state index in [0.717, 1.165) is 12.7 Å². The van der Waals surface area contributed by atoms with E-state index in [1.54, 1.807) is 0 Å². The summed E-state index contributed by atoms with van der Waals surface area (Å²) in [5, 5.41) is 0. The predicted molar refractivity (Wildman–Crippen MR) is 64.5 cm³/mol. The van der Waals surface area contributed by atoms with Gasteiger partial charge in [0.2, 0.25) is 10.0 Å². The zero-order valence-electron chi connectivity index (χ0n) is 8.73. The van der Waals surface area contributed by atoms with Crippen LogP contribution >= 0.6 is 15.9 Å². The average Bonchev–Trinajstić information content (AvgIpc) is 2.10. The maximum absolute atomic E-state index is 11.3. The van der Waals surface area contributed by atoms with E-state index in [2.05, 4.69) is 20.7 Å². The Kier molecular flexibility index (Phi) is 6.31. The van der Waals surface area contributed by atoms with E-state index in [1.165, 1.54) is 0 Å². The number of rotatable bonds is 7. The van der Waals surface area contributed by atoms with E-state index in [-0.39, 0.29) is 22.9 Å². The fourth-order valence-electron chi connectivity index (χ4n) is 0.695. The number of nitrogens with one attached hydrogen (secondary N) is 1. The van der Waals surface area contributed by atoms with Gasteiger partial charge in [0.1, 0.15) is 9.84 Å². The van der Waals surface area contributed by atoms with E-state index in [1.807, 2.05) is 6.92 Å². The first-order chi connectivity index (χ1) is 6.66. The second-order valence-electron chi connectivity index (χ2n) is 3.30. The monoisotopic (exact) mass is 321 g/mol. The lowest BCUT2D eigenvalue weighted by molar-refractivity contribution is 0.577. The number of halogens is 1. The summed E-state index contributed by atoms with van der Waals surface area (Å²) < 4.78 is 46.5. The first-order valence-electron chi connectivity index (χ1n) is 4.45. The zero-order chi connectivity index (χ0) is 12.1. The van der Waals surface area contributed by atoms with E-state index in [0.29, 0.717) is 0 Å². The normalized spacial score (nSPS) is 15.1. The molecule has 0 aliphatic rings. The molecule has 0 bridgehead atoms. The highest BCUT2D eigenvalue weighted by Gasteiger charge is 2.15. The molecule has 0 aliphatic heterocycles. The predicted octanol–water partition coefficient (Wildman–Crippen LogP) is 0.124.